The van der Waals surface area contributed by atoms with Crippen LogP contribution in [-0.4, -0.2) is 50.0 Å². The molecule has 31 heavy (non-hydrogen) atoms. The van der Waals surface area contributed by atoms with Gasteiger partial charge in [0.2, 0.25) is 0 Å². The normalized spacial score (nSPS) is 18.1. The lowest BCUT2D eigenvalue weighted by Gasteiger charge is -2.20. The van der Waals surface area contributed by atoms with Gasteiger partial charge >= 0.3 is 0 Å². The number of fused-ring (bicyclic) bond motifs is 1. The van der Waals surface area contributed by atoms with Crippen LogP contribution in [0.5, 0.6) is 11.5 Å². The van der Waals surface area contributed by atoms with Crippen molar-refractivity contribution < 1.29 is 22.7 Å². The van der Waals surface area contributed by atoms with E-state index in [4.69, 9.17) is 21.1 Å². The van der Waals surface area contributed by atoms with Crippen molar-refractivity contribution in [1.29, 1.82) is 0 Å². The van der Waals surface area contributed by atoms with E-state index in [0.717, 1.165) is 21.6 Å². The van der Waals surface area contributed by atoms with Gasteiger partial charge in [0.15, 0.2) is 16.3 Å². The molecule has 0 N–H and O–H groups in total. The number of benzene rings is 1. The molecule has 0 bridgehead atoms. The largest absolute Gasteiger partial charge is 0.493 e. The molecule has 1 fully saturated rings. The number of carbonyl (C=O) groups excluding carboxylic acids is 1. The highest BCUT2D eigenvalue weighted by Crippen LogP contribution is 2.34. The number of nitrogens with zero attached hydrogens (tertiary/aromatic N) is 3. The molecular formula is C19H20ClN3O5S3. The second kappa shape index (κ2) is 8.55. The van der Waals surface area contributed by atoms with E-state index in [2.05, 4.69) is 4.99 Å². The van der Waals surface area contributed by atoms with Crippen molar-refractivity contribution in [3.8, 4) is 11.5 Å². The quantitative estimate of drug-likeness (QED) is 0.535. The van der Waals surface area contributed by atoms with Crippen LogP contribution in [0.4, 0.5) is 0 Å². The summed E-state index contributed by atoms with van der Waals surface area (Å²) in [5.74, 6) is 0.672. The van der Waals surface area contributed by atoms with Gasteiger partial charge in [-0.05, 0) is 25.0 Å². The van der Waals surface area contributed by atoms with Crippen molar-refractivity contribution in [3.63, 3.8) is 0 Å². The summed E-state index contributed by atoms with van der Waals surface area (Å²) < 4.78 is 41.1. The van der Waals surface area contributed by atoms with Gasteiger partial charge in [-0.2, -0.15) is 9.30 Å². The number of thiophene rings is 1. The predicted molar refractivity (Wildman–Crippen MR) is 121 cm³/mol. The van der Waals surface area contributed by atoms with Gasteiger partial charge in [0, 0.05) is 25.7 Å². The first-order chi connectivity index (χ1) is 14.8. The fourth-order valence-corrected chi connectivity index (χ4v) is 7.85. The molecule has 1 unspecified atom stereocenters. The minimum atomic E-state index is -3.81. The first kappa shape index (κ1) is 22.3. The van der Waals surface area contributed by atoms with Crippen molar-refractivity contribution in [2.75, 3.05) is 20.8 Å². The number of rotatable bonds is 5. The van der Waals surface area contributed by atoms with Crippen LogP contribution in [0, 0.1) is 0 Å². The molecule has 8 nitrogen and oxygen atoms in total. The Bertz CT molecular complexity index is 1330. The maximum atomic E-state index is 13.0. The van der Waals surface area contributed by atoms with Crippen LogP contribution in [0.1, 0.15) is 12.8 Å². The Hall–Kier alpha value is -1.92. The number of aryl methyl sites for hydroxylation is 1. The Morgan fingerprint density at radius 2 is 1.90 bits per heavy atom. The molecule has 1 aliphatic rings. The molecule has 12 heteroatoms. The van der Waals surface area contributed by atoms with Crippen molar-refractivity contribution in [1.82, 2.24) is 8.87 Å². The van der Waals surface area contributed by atoms with Crippen LogP contribution in [0.2, 0.25) is 4.34 Å². The van der Waals surface area contributed by atoms with Gasteiger partial charge in [0.25, 0.3) is 15.9 Å². The molecule has 166 valence electrons. The number of halogens is 1. The van der Waals surface area contributed by atoms with E-state index < -0.39 is 22.0 Å². The van der Waals surface area contributed by atoms with Crippen LogP contribution in [0.15, 0.2) is 33.5 Å². The summed E-state index contributed by atoms with van der Waals surface area (Å²) >= 11 is 8.21. The molecule has 1 saturated heterocycles. The molecule has 0 aliphatic carbocycles. The van der Waals surface area contributed by atoms with E-state index in [-0.39, 0.29) is 10.8 Å². The van der Waals surface area contributed by atoms with Gasteiger partial charge in [-0.1, -0.05) is 22.9 Å². The molecule has 0 radical (unpaired) electrons. The van der Waals surface area contributed by atoms with Crippen LogP contribution < -0.4 is 14.3 Å². The standard InChI is InChI=1S/C19H20ClN3O5S3/c1-22-12-9-13(27-2)14(28-3)10-15(12)29-19(22)21-18(24)11-5-4-8-23(11)31(25,26)17-7-6-16(20)30-17/h6-7,9-11H,4-5,8H2,1-3H3. The molecule has 3 aromatic rings. The smallest absolute Gasteiger partial charge is 0.266 e. The second-order valence-electron chi connectivity index (χ2n) is 6.90. The van der Waals surface area contributed by atoms with Crippen molar-refractivity contribution in [2.24, 2.45) is 12.0 Å². The SMILES string of the molecule is COc1cc2sc(=NC(=O)C3CCCN3S(=O)(=O)c3ccc(Cl)s3)n(C)c2cc1OC. The molecule has 1 aliphatic heterocycles. The van der Waals surface area contributed by atoms with Crippen LogP contribution in [0.3, 0.4) is 0 Å². The zero-order valence-corrected chi connectivity index (χ0v) is 20.2. The molecule has 1 atom stereocenters. The van der Waals surface area contributed by atoms with Gasteiger partial charge < -0.3 is 14.0 Å². The molecule has 2 aromatic heterocycles. The van der Waals surface area contributed by atoms with Gasteiger partial charge in [-0.25, -0.2) is 8.42 Å². The van der Waals surface area contributed by atoms with E-state index in [0.29, 0.717) is 33.5 Å². The fraction of sp³-hybridized carbons (Fsp3) is 0.368. The summed E-state index contributed by atoms with van der Waals surface area (Å²) in [5.41, 5.74) is 0.832. The maximum Gasteiger partial charge on any atom is 0.266 e. The van der Waals surface area contributed by atoms with Crippen molar-refractivity contribution in [3.05, 3.63) is 33.4 Å². The summed E-state index contributed by atoms with van der Waals surface area (Å²) in [4.78, 5) is 17.8. The van der Waals surface area contributed by atoms with Crippen LogP contribution in [0.25, 0.3) is 10.2 Å². The number of hydrogen-bond donors (Lipinski definition) is 0. The molecule has 1 aromatic carbocycles. The Morgan fingerprint density at radius 3 is 2.55 bits per heavy atom. The Labute approximate surface area is 192 Å². The highest BCUT2D eigenvalue weighted by atomic mass is 35.5. The minimum Gasteiger partial charge on any atom is -0.493 e. The van der Waals surface area contributed by atoms with E-state index in [1.165, 1.54) is 27.8 Å². The molecule has 3 heterocycles. The first-order valence-corrected chi connectivity index (χ1v) is 12.8. The fourth-order valence-electron chi connectivity index (χ4n) is 3.56. The van der Waals surface area contributed by atoms with E-state index in [1.54, 1.807) is 25.8 Å². The Balaban J connectivity index is 1.71. The topological polar surface area (TPSA) is 90.2 Å². The average molecular weight is 502 g/mol. The second-order valence-corrected chi connectivity index (χ2v) is 11.7. The summed E-state index contributed by atoms with van der Waals surface area (Å²) in [7, 11) is 1.11. The third-order valence-electron chi connectivity index (χ3n) is 5.12. The summed E-state index contributed by atoms with van der Waals surface area (Å²) in [5, 5.41) is 0. The number of sulfonamides is 1. The number of ether oxygens (including phenoxy) is 2. The molecule has 4 rings (SSSR count). The lowest BCUT2D eigenvalue weighted by atomic mass is 10.2. The van der Waals surface area contributed by atoms with Gasteiger partial charge in [-0.3, -0.25) is 4.79 Å². The number of hydrogen-bond acceptors (Lipinski definition) is 7. The number of methoxy groups -OCH3 is 2. The Kier molecular flexibility index (Phi) is 6.14. The molecule has 0 saturated carbocycles. The van der Waals surface area contributed by atoms with Crippen molar-refractivity contribution in [2.45, 2.75) is 23.1 Å². The zero-order chi connectivity index (χ0) is 22.3. The lowest BCUT2D eigenvalue weighted by Crippen LogP contribution is -2.40. The molecule has 0 spiro atoms. The first-order valence-electron chi connectivity index (χ1n) is 9.33. The highest BCUT2D eigenvalue weighted by molar-refractivity contribution is 7.91. The highest BCUT2D eigenvalue weighted by Gasteiger charge is 2.40. The monoisotopic (exact) mass is 501 g/mol. The molecule has 1 amide bonds. The van der Waals surface area contributed by atoms with Crippen LogP contribution >= 0.6 is 34.3 Å². The van der Waals surface area contributed by atoms with Crippen LogP contribution in [-0.2, 0) is 21.9 Å². The third kappa shape index (κ3) is 4.00. The summed E-state index contributed by atoms with van der Waals surface area (Å²) in [6, 6.07) is 5.82. The number of thiazole rings is 1. The van der Waals surface area contributed by atoms with E-state index >= 15 is 0 Å². The van der Waals surface area contributed by atoms with Crippen molar-refractivity contribution >= 4 is 60.4 Å². The maximum absolute atomic E-state index is 13.0. The van der Waals surface area contributed by atoms with Gasteiger partial charge in [-0.15, -0.1) is 11.3 Å². The molecular weight excluding hydrogens is 482 g/mol. The number of carbonyl (C=O) groups is 1. The third-order valence-corrected chi connectivity index (χ3v) is 9.82. The number of aromatic nitrogens is 1. The zero-order valence-electron chi connectivity index (χ0n) is 17.0. The summed E-state index contributed by atoms with van der Waals surface area (Å²) in [6.45, 7) is 0.275. The minimum absolute atomic E-state index is 0.129. The number of amides is 1. The van der Waals surface area contributed by atoms with Gasteiger partial charge in [0.05, 0.1) is 28.8 Å². The lowest BCUT2D eigenvalue weighted by molar-refractivity contribution is -0.121. The summed E-state index contributed by atoms with van der Waals surface area (Å²) in [6.07, 6.45) is 1.02. The average Bonchev–Trinajstić information content (AvgIpc) is 3.47. The van der Waals surface area contributed by atoms with E-state index in [1.807, 2.05) is 12.1 Å². The van der Waals surface area contributed by atoms with E-state index in [9.17, 15) is 13.2 Å². The predicted octanol–water partition coefficient (Wildman–Crippen LogP) is 3.25. The Morgan fingerprint density at radius 1 is 1.19 bits per heavy atom. The van der Waals surface area contributed by atoms with Gasteiger partial charge in [0.1, 0.15) is 10.3 Å².